The molecular formula is C16H22N2O2S. The quantitative estimate of drug-likeness (QED) is 0.865. The highest BCUT2D eigenvalue weighted by Crippen LogP contribution is 2.35. The van der Waals surface area contributed by atoms with Crippen molar-refractivity contribution in [1.29, 1.82) is 0 Å². The SMILES string of the molecule is COc1ccc(OC)c(NC(=S)C2CN3CCC2CC3)c1. The number of rotatable bonds is 4. The molecule has 1 unspecified atom stereocenters. The van der Waals surface area contributed by atoms with Gasteiger partial charge in [0.1, 0.15) is 11.5 Å². The number of fused-ring (bicyclic) bond motifs is 3. The molecule has 5 heteroatoms. The number of benzene rings is 1. The second-order valence-electron chi connectivity index (χ2n) is 5.80. The molecule has 0 aliphatic carbocycles. The maximum atomic E-state index is 5.67. The molecule has 21 heavy (non-hydrogen) atoms. The standard InChI is InChI=1S/C16H22N2O2S/c1-19-12-3-4-15(20-2)14(9-12)17-16(21)13-10-18-7-5-11(13)6-8-18/h3-4,9,11,13H,5-8,10H2,1-2H3,(H,17,21). The second-order valence-corrected chi connectivity index (χ2v) is 6.24. The van der Waals surface area contributed by atoms with Crippen molar-refractivity contribution in [1.82, 2.24) is 4.90 Å². The van der Waals surface area contributed by atoms with Crippen LogP contribution < -0.4 is 14.8 Å². The number of hydrogen-bond acceptors (Lipinski definition) is 4. The zero-order chi connectivity index (χ0) is 14.8. The minimum absolute atomic E-state index is 0.457. The number of nitrogens with one attached hydrogen (secondary N) is 1. The molecule has 0 spiro atoms. The van der Waals surface area contributed by atoms with E-state index in [2.05, 4.69) is 10.2 Å². The van der Waals surface area contributed by atoms with Crippen molar-refractivity contribution in [2.45, 2.75) is 12.8 Å². The molecule has 3 saturated heterocycles. The first-order chi connectivity index (χ1) is 10.2. The smallest absolute Gasteiger partial charge is 0.142 e. The van der Waals surface area contributed by atoms with Crippen LogP contribution in [-0.4, -0.2) is 43.7 Å². The maximum absolute atomic E-state index is 5.67. The zero-order valence-corrected chi connectivity index (χ0v) is 13.4. The Hall–Kier alpha value is -1.33. The normalized spacial score (nSPS) is 27.2. The predicted molar refractivity (Wildman–Crippen MR) is 88.4 cm³/mol. The largest absolute Gasteiger partial charge is 0.497 e. The van der Waals surface area contributed by atoms with Crippen LogP contribution in [0.15, 0.2) is 18.2 Å². The summed E-state index contributed by atoms with van der Waals surface area (Å²) in [5.41, 5.74) is 0.887. The van der Waals surface area contributed by atoms with Gasteiger partial charge >= 0.3 is 0 Å². The molecule has 1 aromatic carbocycles. The molecule has 114 valence electrons. The van der Waals surface area contributed by atoms with Crippen LogP contribution >= 0.6 is 12.2 Å². The van der Waals surface area contributed by atoms with Gasteiger partial charge in [0.25, 0.3) is 0 Å². The molecule has 3 fully saturated rings. The molecule has 3 aliphatic heterocycles. The lowest BCUT2D eigenvalue weighted by Gasteiger charge is -2.45. The van der Waals surface area contributed by atoms with Crippen molar-refractivity contribution < 1.29 is 9.47 Å². The minimum Gasteiger partial charge on any atom is -0.497 e. The highest BCUT2D eigenvalue weighted by molar-refractivity contribution is 7.80. The van der Waals surface area contributed by atoms with Gasteiger partial charge in [-0.3, -0.25) is 0 Å². The van der Waals surface area contributed by atoms with Crippen molar-refractivity contribution in [3.05, 3.63) is 18.2 Å². The van der Waals surface area contributed by atoms with Gasteiger partial charge in [0.05, 0.1) is 24.9 Å². The molecule has 4 nitrogen and oxygen atoms in total. The predicted octanol–water partition coefficient (Wildman–Crippen LogP) is 2.78. The summed E-state index contributed by atoms with van der Waals surface area (Å²) in [5.74, 6) is 2.78. The van der Waals surface area contributed by atoms with Crippen LogP contribution in [0.1, 0.15) is 12.8 Å². The van der Waals surface area contributed by atoms with Crippen molar-refractivity contribution in [2.24, 2.45) is 11.8 Å². The van der Waals surface area contributed by atoms with Gasteiger partial charge in [-0.2, -0.15) is 0 Å². The fraction of sp³-hybridized carbons (Fsp3) is 0.562. The molecule has 0 aromatic heterocycles. The average molecular weight is 306 g/mol. The molecule has 3 heterocycles. The summed E-state index contributed by atoms with van der Waals surface area (Å²) >= 11 is 5.67. The summed E-state index contributed by atoms with van der Waals surface area (Å²) in [7, 11) is 3.33. The Morgan fingerprint density at radius 1 is 1.24 bits per heavy atom. The summed E-state index contributed by atoms with van der Waals surface area (Å²) < 4.78 is 10.7. The van der Waals surface area contributed by atoms with Crippen LogP contribution in [-0.2, 0) is 0 Å². The molecule has 0 saturated carbocycles. The van der Waals surface area contributed by atoms with Gasteiger partial charge in [0, 0.05) is 18.5 Å². The number of piperidine rings is 3. The van der Waals surface area contributed by atoms with Crippen LogP contribution in [0.5, 0.6) is 11.5 Å². The lowest BCUT2D eigenvalue weighted by atomic mass is 9.79. The molecule has 1 aromatic rings. The lowest BCUT2D eigenvalue weighted by molar-refractivity contribution is 0.0830. The highest BCUT2D eigenvalue weighted by atomic mass is 32.1. The molecule has 2 bridgehead atoms. The van der Waals surface area contributed by atoms with E-state index in [-0.39, 0.29) is 0 Å². The Balaban J connectivity index is 1.75. The molecule has 0 amide bonds. The number of nitrogens with zero attached hydrogens (tertiary/aromatic N) is 1. The van der Waals surface area contributed by atoms with E-state index < -0.39 is 0 Å². The van der Waals surface area contributed by atoms with Gasteiger partial charge in [-0.1, -0.05) is 12.2 Å². The Morgan fingerprint density at radius 2 is 2.00 bits per heavy atom. The topological polar surface area (TPSA) is 33.7 Å². The van der Waals surface area contributed by atoms with Crippen molar-refractivity contribution in [3.8, 4) is 11.5 Å². The molecular weight excluding hydrogens is 284 g/mol. The number of anilines is 1. The Bertz CT molecular complexity index is 527. The summed E-state index contributed by atoms with van der Waals surface area (Å²) in [6, 6.07) is 5.73. The van der Waals surface area contributed by atoms with Crippen LogP contribution in [0.25, 0.3) is 0 Å². The Labute approximate surface area is 131 Å². The number of ether oxygens (including phenoxy) is 2. The molecule has 0 radical (unpaired) electrons. The highest BCUT2D eigenvalue weighted by Gasteiger charge is 2.36. The maximum Gasteiger partial charge on any atom is 0.142 e. The Morgan fingerprint density at radius 3 is 2.57 bits per heavy atom. The number of hydrogen-bond donors (Lipinski definition) is 1. The van der Waals surface area contributed by atoms with E-state index in [1.54, 1.807) is 14.2 Å². The number of methoxy groups -OCH3 is 2. The third-order valence-electron chi connectivity index (χ3n) is 4.66. The van der Waals surface area contributed by atoms with E-state index in [4.69, 9.17) is 21.7 Å². The van der Waals surface area contributed by atoms with Crippen LogP contribution in [0, 0.1) is 11.8 Å². The fourth-order valence-corrected chi connectivity index (χ4v) is 3.78. The van der Waals surface area contributed by atoms with E-state index in [1.165, 1.54) is 25.9 Å². The summed E-state index contributed by atoms with van der Waals surface area (Å²) in [6.45, 7) is 3.54. The van der Waals surface area contributed by atoms with E-state index >= 15 is 0 Å². The molecule has 1 atom stereocenters. The zero-order valence-electron chi connectivity index (χ0n) is 12.6. The van der Waals surface area contributed by atoms with Gasteiger partial charge in [-0.15, -0.1) is 0 Å². The average Bonchev–Trinajstić information content (AvgIpc) is 2.55. The Kier molecular flexibility index (Phi) is 4.31. The van der Waals surface area contributed by atoms with E-state index in [0.717, 1.165) is 34.6 Å². The summed E-state index contributed by atoms with van der Waals surface area (Å²) in [6.07, 6.45) is 2.53. The monoisotopic (exact) mass is 306 g/mol. The molecule has 3 aliphatic rings. The lowest BCUT2D eigenvalue weighted by Crippen LogP contribution is -2.50. The van der Waals surface area contributed by atoms with E-state index in [0.29, 0.717) is 5.92 Å². The first-order valence-corrected chi connectivity index (χ1v) is 7.87. The third-order valence-corrected chi connectivity index (χ3v) is 5.06. The van der Waals surface area contributed by atoms with Crippen molar-refractivity contribution in [3.63, 3.8) is 0 Å². The molecule has 4 rings (SSSR count). The van der Waals surface area contributed by atoms with Crippen LogP contribution in [0.4, 0.5) is 5.69 Å². The minimum atomic E-state index is 0.457. The first kappa shape index (κ1) is 14.6. The van der Waals surface area contributed by atoms with Gasteiger partial charge in [-0.25, -0.2) is 0 Å². The van der Waals surface area contributed by atoms with Crippen LogP contribution in [0.2, 0.25) is 0 Å². The van der Waals surface area contributed by atoms with Gasteiger partial charge in [0.15, 0.2) is 0 Å². The fourth-order valence-electron chi connectivity index (χ4n) is 3.40. The van der Waals surface area contributed by atoms with Gasteiger partial charge in [-0.05, 0) is 44.0 Å². The number of thiocarbonyl (C=S) groups is 1. The first-order valence-electron chi connectivity index (χ1n) is 7.46. The van der Waals surface area contributed by atoms with Crippen molar-refractivity contribution in [2.75, 3.05) is 39.2 Å². The van der Waals surface area contributed by atoms with Gasteiger partial charge < -0.3 is 19.7 Å². The second kappa shape index (κ2) is 6.20. The summed E-state index contributed by atoms with van der Waals surface area (Å²) in [4.78, 5) is 3.44. The van der Waals surface area contributed by atoms with Crippen LogP contribution in [0.3, 0.4) is 0 Å². The van der Waals surface area contributed by atoms with Gasteiger partial charge in [0.2, 0.25) is 0 Å². The van der Waals surface area contributed by atoms with E-state index in [9.17, 15) is 0 Å². The third kappa shape index (κ3) is 2.99. The van der Waals surface area contributed by atoms with E-state index in [1.807, 2.05) is 18.2 Å². The summed E-state index contributed by atoms with van der Waals surface area (Å²) in [5, 5.41) is 3.39. The van der Waals surface area contributed by atoms with Crippen molar-refractivity contribution >= 4 is 22.9 Å². The molecule has 1 N–H and O–H groups in total.